The first-order valence-corrected chi connectivity index (χ1v) is 4.99. The van der Waals surface area contributed by atoms with Crippen LogP contribution in [-0.2, 0) is 0 Å². The number of nitrogens with one attached hydrogen (secondary N) is 1. The predicted octanol–water partition coefficient (Wildman–Crippen LogP) is 1.90. The molecule has 0 bridgehead atoms. The van der Waals surface area contributed by atoms with Crippen molar-refractivity contribution in [2.24, 2.45) is 0 Å². The van der Waals surface area contributed by atoms with Crippen LogP contribution < -0.4 is 5.32 Å². The van der Waals surface area contributed by atoms with Crippen molar-refractivity contribution >= 4 is 11.6 Å². The van der Waals surface area contributed by atoms with Gasteiger partial charge in [0.15, 0.2) is 0 Å². The lowest BCUT2D eigenvalue weighted by Crippen LogP contribution is -2.29. The second-order valence-electron chi connectivity index (χ2n) is 3.33. The monoisotopic (exact) mass is 209 g/mol. The topological polar surface area (TPSA) is 32.3 Å². The molecule has 1 aliphatic rings. The number of aliphatic hydroxyl groups excluding tert-OH is 1. The van der Waals surface area contributed by atoms with Crippen LogP contribution in [0.2, 0.25) is 5.02 Å². The zero-order valence-corrected chi connectivity index (χ0v) is 8.41. The van der Waals surface area contributed by atoms with Crippen LogP contribution in [0, 0.1) is 0 Å². The van der Waals surface area contributed by atoms with Gasteiger partial charge in [0.1, 0.15) is 0 Å². The van der Waals surface area contributed by atoms with Gasteiger partial charge in [0.2, 0.25) is 0 Å². The molecule has 1 aromatic carbocycles. The molecular weight excluding hydrogens is 198 g/mol. The van der Waals surface area contributed by atoms with Crippen LogP contribution in [0.5, 0.6) is 0 Å². The molecule has 74 valence electrons. The van der Waals surface area contributed by atoms with Crippen molar-refractivity contribution in [2.45, 2.75) is 12.1 Å². The van der Waals surface area contributed by atoms with E-state index in [-0.39, 0.29) is 6.04 Å². The molecule has 2 unspecified atom stereocenters. The van der Waals surface area contributed by atoms with Crippen molar-refractivity contribution in [1.29, 1.82) is 0 Å². The van der Waals surface area contributed by atoms with Gasteiger partial charge in [-0.1, -0.05) is 42.0 Å². The standard InChI is InChI=1S/C11H12ClNO/c12-9-5-2-1-4-8(9)11(14)10-6-3-7-13-10/h1-6,10-11,13-14H,7H2. The fourth-order valence-corrected chi connectivity index (χ4v) is 1.86. The van der Waals surface area contributed by atoms with Gasteiger partial charge in [-0.2, -0.15) is 0 Å². The van der Waals surface area contributed by atoms with E-state index < -0.39 is 6.10 Å². The average molecular weight is 210 g/mol. The summed E-state index contributed by atoms with van der Waals surface area (Å²) in [6.07, 6.45) is 3.40. The van der Waals surface area contributed by atoms with Gasteiger partial charge in [0.05, 0.1) is 12.1 Å². The summed E-state index contributed by atoms with van der Waals surface area (Å²) in [6, 6.07) is 7.36. The predicted molar refractivity (Wildman–Crippen MR) is 57.3 cm³/mol. The van der Waals surface area contributed by atoms with Crippen molar-refractivity contribution in [1.82, 2.24) is 5.32 Å². The van der Waals surface area contributed by atoms with E-state index in [9.17, 15) is 5.11 Å². The molecule has 0 aromatic heterocycles. The molecule has 0 aliphatic carbocycles. The van der Waals surface area contributed by atoms with Crippen molar-refractivity contribution in [3.63, 3.8) is 0 Å². The third-order valence-electron chi connectivity index (χ3n) is 2.38. The number of hydrogen-bond donors (Lipinski definition) is 2. The van der Waals surface area contributed by atoms with Gasteiger partial charge in [0.25, 0.3) is 0 Å². The van der Waals surface area contributed by atoms with E-state index in [0.29, 0.717) is 5.02 Å². The van der Waals surface area contributed by atoms with Gasteiger partial charge in [-0.25, -0.2) is 0 Å². The summed E-state index contributed by atoms with van der Waals surface area (Å²) in [5.74, 6) is 0. The van der Waals surface area contributed by atoms with Crippen LogP contribution in [0.1, 0.15) is 11.7 Å². The van der Waals surface area contributed by atoms with Crippen LogP contribution in [0.25, 0.3) is 0 Å². The molecule has 2 rings (SSSR count). The van der Waals surface area contributed by atoms with Crippen molar-refractivity contribution in [2.75, 3.05) is 6.54 Å². The lowest BCUT2D eigenvalue weighted by Gasteiger charge is -2.18. The summed E-state index contributed by atoms with van der Waals surface area (Å²) in [5.41, 5.74) is 0.776. The second-order valence-corrected chi connectivity index (χ2v) is 3.74. The molecule has 0 saturated heterocycles. The Labute approximate surface area is 88.2 Å². The second kappa shape index (κ2) is 4.13. The molecule has 0 amide bonds. The third-order valence-corrected chi connectivity index (χ3v) is 2.72. The quantitative estimate of drug-likeness (QED) is 0.730. The Morgan fingerprint density at radius 3 is 2.86 bits per heavy atom. The van der Waals surface area contributed by atoms with E-state index in [1.165, 1.54) is 0 Å². The number of aliphatic hydroxyl groups is 1. The normalized spacial score (nSPS) is 22.6. The maximum absolute atomic E-state index is 10.0. The molecule has 2 N–H and O–H groups in total. The third kappa shape index (κ3) is 1.82. The summed E-state index contributed by atoms with van der Waals surface area (Å²) in [6.45, 7) is 0.812. The highest BCUT2D eigenvalue weighted by molar-refractivity contribution is 6.31. The van der Waals surface area contributed by atoms with Gasteiger partial charge in [-0.15, -0.1) is 0 Å². The van der Waals surface area contributed by atoms with Gasteiger partial charge < -0.3 is 10.4 Å². The van der Waals surface area contributed by atoms with E-state index in [2.05, 4.69) is 5.32 Å². The minimum atomic E-state index is -0.567. The summed E-state index contributed by atoms with van der Waals surface area (Å²) in [5, 5.41) is 13.8. The largest absolute Gasteiger partial charge is 0.386 e. The van der Waals surface area contributed by atoms with Gasteiger partial charge in [-0.05, 0) is 6.07 Å². The molecule has 2 nitrogen and oxygen atoms in total. The first-order valence-electron chi connectivity index (χ1n) is 4.61. The zero-order valence-electron chi connectivity index (χ0n) is 7.65. The van der Waals surface area contributed by atoms with Crippen LogP contribution in [0.15, 0.2) is 36.4 Å². The summed E-state index contributed by atoms with van der Waals surface area (Å²) in [4.78, 5) is 0. The van der Waals surface area contributed by atoms with Gasteiger partial charge in [0, 0.05) is 17.1 Å². The fraction of sp³-hybridized carbons (Fsp3) is 0.273. The number of halogens is 1. The van der Waals surface area contributed by atoms with Gasteiger partial charge >= 0.3 is 0 Å². The Morgan fingerprint density at radius 1 is 1.43 bits per heavy atom. The highest BCUT2D eigenvalue weighted by Gasteiger charge is 2.21. The van der Waals surface area contributed by atoms with Gasteiger partial charge in [-0.3, -0.25) is 0 Å². The van der Waals surface area contributed by atoms with E-state index in [1.54, 1.807) is 6.07 Å². The molecule has 0 radical (unpaired) electrons. The highest BCUT2D eigenvalue weighted by Crippen LogP contribution is 2.26. The summed E-state index contributed by atoms with van der Waals surface area (Å²) >= 11 is 5.99. The van der Waals surface area contributed by atoms with Crippen molar-refractivity contribution < 1.29 is 5.11 Å². The molecule has 14 heavy (non-hydrogen) atoms. The first-order chi connectivity index (χ1) is 6.79. The lowest BCUT2D eigenvalue weighted by atomic mass is 10.0. The summed E-state index contributed by atoms with van der Waals surface area (Å²) in [7, 11) is 0. The molecular formula is C11H12ClNO. The molecule has 0 spiro atoms. The number of benzene rings is 1. The molecule has 1 aliphatic heterocycles. The number of hydrogen-bond acceptors (Lipinski definition) is 2. The highest BCUT2D eigenvalue weighted by atomic mass is 35.5. The molecule has 0 fully saturated rings. The molecule has 0 saturated carbocycles. The Hall–Kier alpha value is -0.830. The van der Waals surface area contributed by atoms with Crippen molar-refractivity contribution in [3.8, 4) is 0 Å². The average Bonchev–Trinajstić information content (AvgIpc) is 2.70. The first kappa shape index (κ1) is 9.71. The van der Waals surface area contributed by atoms with Crippen LogP contribution in [0.4, 0.5) is 0 Å². The Morgan fingerprint density at radius 2 is 2.21 bits per heavy atom. The minimum Gasteiger partial charge on any atom is -0.386 e. The molecule has 1 aromatic rings. The maximum Gasteiger partial charge on any atom is 0.0993 e. The van der Waals surface area contributed by atoms with E-state index in [0.717, 1.165) is 12.1 Å². The van der Waals surface area contributed by atoms with E-state index >= 15 is 0 Å². The Bertz CT molecular complexity index is 351. The van der Waals surface area contributed by atoms with E-state index in [4.69, 9.17) is 11.6 Å². The summed E-state index contributed by atoms with van der Waals surface area (Å²) < 4.78 is 0. The van der Waals surface area contributed by atoms with E-state index in [1.807, 2.05) is 30.4 Å². The van der Waals surface area contributed by atoms with Crippen LogP contribution >= 0.6 is 11.6 Å². The Kier molecular flexibility index (Phi) is 2.87. The Balaban J connectivity index is 2.22. The van der Waals surface area contributed by atoms with Crippen LogP contribution in [0.3, 0.4) is 0 Å². The maximum atomic E-state index is 10.0. The molecule has 2 atom stereocenters. The zero-order chi connectivity index (χ0) is 9.97. The SMILES string of the molecule is OC(c1ccccc1Cl)C1C=CCN1. The fourth-order valence-electron chi connectivity index (χ4n) is 1.61. The minimum absolute atomic E-state index is 0.0186. The smallest absolute Gasteiger partial charge is 0.0993 e. The molecule has 1 heterocycles. The number of rotatable bonds is 2. The molecule has 3 heteroatoms. The van der Waals surface area contributed by atoms with Crippen LogP contribution in [-0.4, -0.2) is 17.7 Å². The van der Waals surface area contributed by atoms with Crippen molar-refractivity contribution in [3.05, 3.63) is 47.0 Å². The lowest BCUT2D eigenvalue weighted by molar-refractivity contribution is 0.152.